The first-order valence-corrected chi connectivity index (χ1v) is 8.04. The van der Waals surface area contributed by atoms with Gasteiger partial charge in [0.05, 0.1) is 23.6 Å². The molecule has 0 radical (unpaired) electrons. The minimum Gasteiger partial charge on any atom is -0.466 e. The molecule has 0 unspecified atom stereocenters. The molecule has 0 fully saturated rings. The zero-order chi connectivity index (χ0) is 18.4. The van der Waals surface area contributed by atoms with Crippen molar-refractivity contribution in [1.82, 2.24) is 10.3 Å². The fourth-order valence-electron chi connectivity index (χ4n) is 2.51. The lowest BCUT2D eigenvalue weighted by molar-refractivity contribution is -0.147. The molecule has 1 aromatic carbocycles. The van der Waals surface area contributed by atoms with E-state index >= 15 is 0 Å². The van der Waals surface area contributed by atoms with Gasteiger partial charge in [0.25, 0.3) is 5.91 Å². The largest absolute Gasteiger partial charge is 0.466 e. The summed E-state index contributed by atoms with van der Waals surface area (Å²) in [6.45, 7) is 3.58. The van der Waals surface area contributed by atoms with Crippen molar-refractivity contribution in [3.63, 3.8) is 0 Å². The normalized spacial score (nSPS) is 13.0. The molecule has 0 saturated heterocycles. The summed E-state index contributed by atoms with van der Waals surface area (Å²) in [5.41, 5.74) is 6.44. The van der Waals surface area contributed by atoms with Crippen LogP contribution in [0.4, 0.5) is 0 Å². The van der Waals surface area contributed by atoms with Gasteiger partial charge in [-0.05, 0) is 25.5 Å². The van der Waals surface area contributed by atoms with Gasteiger partial charge in [-0.2, -0.15) is 0 Å². The lowest BCUT2D eigenvalue weighted by Crippen LogP contribution is -2.46. The lowest BCUT2D eigenvalue weighted by atomic mass is 10.0. The first-order chi connectivity index (χ1) is 11.9. The van der Waals surface area contributed by atoms with E-state index in [1.54, 1.807) is 38.1 Å². The highest BCUT2D eigenvalue weighted by Crippen LogP contribution is 2.17. The van der Waals surface area contributed by atoms with Crippen LogP contribution in [0.5, 0.6) is 0 Å². The molecule has 0 spiro atoms. The van der Waals surface area contributed by atoms with Crippen molar-refractivity contribution in [3.8, 4) is 0 Å². The molecule has 2 atom stereocenters. The molecule has 2 amide bonds. The van der Waals surface area contributed by atoms with Crippen molar-refractivity contribution in [3.05, 3.63) is 42.1 Å². The fourth-order valence-corrected chi connectivity index (χ4v) is 2.51. The zero-order valence-electron chi connectivity index (χ0n) is 14.2. The van der Waals surface area contributed by atoms with Gasteiger partial charge in [-0.1, -0.05) is 25.1 Å². The van der Waals surface area contributed by atoms with Crippen LogP contribution in [-0.2, 0) is 14.3 Å². The van der Waals surface area contributed by atoms with Crippen LogP contribution in [0.3, 0.4) is 0 Å². The van der Waals surface area contributed by atoms with Crippen molar-refractivity contribution in [2.75, 3.05) is 6.61 Å². The molecule has 2 rings (SSSR count). The van der Waals surface area contributed by atoms with Crippen LogP contribution < -0.4 is 11.1 Å². The smallest absolute Gasteiger partial charge is 0.308 e. The number of carbonyl (C=O) groups is 3. The molecular weight excluding hydrogens is 322 g/mol. The van der Waals surface area contributed by atoms with Crippen LogP contribution >= 0.6 is 0 Å². The third-order valence-electron chi connectivity index (χ3n) is 3.82. The van der Waals surface area contributed by atoms with Crippen LogP contribution in [0.2, 0.25) is 0 Å². The van der Waals surface area contributed by atoms with E-state index in [0.29, 0.717) is 16.5 Å². The second kappa shape index (κ2) is 8.23. The van der Waals surface area contributed by atoms with Crippen LogP contribution in [0, 0.1) is 5.92 Å². The number of fused-ring (bicyclic) bond motifs is 1. The predicted octanol–water partition coefficient (Wildman–Crippen LogP) is 1.41. The highest BCUT2D eigenvalue weighted by atomic mass is 16.5. The number of primary amides is 1. The molecule has 2 aromatic rings. The molecule has 0 aliphatic rings. The maximum Gasteiger partial charge on any atom is 0.308 e. The van der Waals surface area contributed by atoms with Gasteiger partial charge in [0.2, 0.25) is 5.91 Å². The van der Waals surface area contributed by atoms with Crippen molar-refractivity contribution in [2.24, 2.45) is 11.7 Å². The third kappa shape index (κ3) is 4.53. The first kappa shape index (κ1) is 18.4. The van der Waals surface area contributed by atoms with Gasteiger partial charge in [0.1, 0.15) is 6.04 Å². The molecule has 25 heavy (non-hydrogen) atoms. The van der Waals surface area contributed by atoms with Crippen LogP contribution in [-0.4, -0.2) is 35.4 Å². The molecule has 1 heterocycles. The summed E-state index contributed by atoms with van der Waals surface area (Å²) < 4.78 is 4.92. The summed E-state index contributed by atoms with van der Waals surface area (Å²) in [6.07, 6.45) is 1.60. The van der Waals surface area contributed by atoms with Crippen molar-refractivity contribution in [1.29, 1.82) is 0 Å². The maximum absolute atomic E-state index is 12.6. The molecule has 1 aromatic heterocycles. The van der Waals surface area contributed by atoms with E-state index in [1.165, 1.54) is 6.20 Å². The van der Waals surface area contributed by atoms with E-state index in [2.05, 4.69) is 10.3 Å². The number of ether oxygens (including phenoxy) is 1. The minimum absolute atomic E-state index is 0.0723. The fraction of sp³-hybridized carbons (Fsp3) is 0.333. The second-order valence-corrected chi connectivity index (χ2v) is 5.69. The Morgan fingerprint density at radius 1 is 1.24 bits per heavy atom. The number of nitrogens with two attached hydrogens (primary N) is 1. The van der Waals surface area contributed by atoms with E-state index in [9.17, 15) is 14.4 Å². The number of esters is 1. The van der Waals surface area contributed by atoms with Crippen LogP contribution in [0.15, 0.2) is 36.5 Å². The summed E-state index contributed by atoms with van der Waals surface area (Å²) in [7, 11) is 0. The third-order valence-corrected chi connectivity index (χ3v) is 3.82. The van der Waals surface area contributed by atoms with Gasteiger partial charge >= 0.3 is 5.97 Å². The van der Waals surface area contributed by atoms with E-state index in [4.69, 9.17) is 10.5 Å². The molecule has 0 saturated carbocycles. The number of amides is 2. The molecule has 132 valence electrons. The van der Waals surface area contributed by atoms with Crippen molar-refractivity contribution < 1.29 is 19.1 Å². The van der Waals surface area contributed by atoms with Crippen LogP contribution in [0.1, 0.15) is 30.6 Å². The zero-order valence-corrected chi connectivity index (χ0v) is 14.2. The standard InChI is InChI=1S/C18H21N3O4/c1-3-25-18(24)11(2)10-15(16(19)22)21-17(23)13-8-9-20-14-7-5-4-6-12(13)14/h4-9,11,15H,3,10H2,1-2H3,(H2,19,22)(H,21,23)/t11-,15+/m0/s1. The van der Waals surface area contributed by atoms with Gasteiger partial charge in [-0.25, -0.2) is 0 Å². The first-order valence-electron chi connectivity index (χ1n) is 8.04. The summed E-state index contributed by atoms with van der Waals surface area (Å²) in [4.78, 5) is 40.2. The highest BCUT2D eigenvalue weighted by Gasteiger charge is 2.26. The Morgan fingerprint density at radius 3 is 2.64 bits per heavy atom. The summed E-state index contributed by atoms with van der Waals surface area (Å²) in [5, 5.41) is 3.27. The Morgan fingerprint density at radius 2 is 1.96 bits per heavy atom. The monoisotopic (exact) mass is 343 g/mol. The van der Waals surface area contributed by atoms with Crippen LogP contribution in [0.25, 0.3) is 10.9 Å². The van der Waals surface area contributed by atoms with Gasteiger partial charge < -0.3 is 15.8 Å². The highest BCUT2D eigenvalue weighted by molar-refractivity contribution is 6.07. The quantitative estimate of drug-likeness (QED) is 0.738. The molecule has 7 heteroatoms. The number of hydrogen-bond donors (Lipinski definition) is 2. The number of nitrogens with one attached hydrogen (secondary N) is 1. The van der Waals surface area contributed by atoms with Gasteiger partial charge in [-0.3, -0.25) is 19.4 Å². The molecule has 0 bridgehead atoms. The number of benzene rings is 1. The number of para-hydroxylation sites is 1. The topological polar surface area (TPSA) is 111 Å². The Balaban J connectivity index is 2.17. The van der Waals surface area contributed by atoms with E-state index in [1.807, 2.05) is 6.07 Å². The summed E-state index contributed by atoms with van der Waals surface area (Å²) in [5.74, 6) is -2.15. The summed E-state index contributed by atoms with van der Waals surface area (Å²) in [6, 6.07) is 7.79. The maximum atomic E-state index is 12.6. The van der Waals surface area contributed by atoms with E-state index in [-0.39, 0.29) is 13.0 Å². The molecule has 3 N–H and O–H groups in total. The lowest BCUT2D eigenvalue weighted by Gasteiger charge is -2.19. The Kier molecular flexibility index (Phi) is 6.05. The van der Waals surface area contributed by atoms with Crippen molar-refractivity contribution >= 4 is 28.7 Å². The number of pyridine rings is 1. The average molecular weight is 343 g/mol. The molecule has 0 aliphatic carbocycles. The molecular formula is C18H21N3O4. The second-order valence-electron chi connectivity index (χ2n) is 5.69. The van der Waals surface area contributed by atoms with Gasteiger partial charge in [-0.15, -0.1) is 0 Å². The summed E-state index contributed by atoms with van der Waals surface area (Å²) >= 11 is 0. The van der Waals surface area contributed by atoms with Crippen molar-refractivity contribution in [2.45, 2.75) is 26.3 Å². The average Bonchev–Trinajstić information content (AvgIpc) is 2.60. The number of aromatic nitrogens is 1. The molecule has 7 nitrogen and oxygen atoms in total. The Labute approximate surface area is 145 Å². The number of hydrogen-bond acceptors (Lipinski definition) is 5. The van der Waals surface area contributed by atoms with Gasteiger partial charge in [0.15, 0.2) is 0 Å². The van der Waals surface area contributed by atoms with Gasteiger partial charge in [0, 0.05) is 11.6 Å². The van der Waals surface area contributed by atoms with E-state index in [0.717, 1.165) is 0 Å². The Bertz CT molecular complexity index is 785. The predicted molar refractivity (Wildman–Crippen MR) is 92.6 cm³/mol. The SMILES string of the molecule is CCOC(=O)[C@@H](C)C[C@@H](NC(=O)c1ccnc2ccccc12)C(N)=O. The minimum atomic E-state index is -0.973. The Hall–Kier alpha value is -2.96. The van der Waals surface area contributed by atoms with E-state index < -0.39 is 29.7 Å². The number of carbonyl (C=O) groups excluding carboxylic acids is 3. The number of rotatable bonds is 7. The number of nitrogens with zero attached hydrogens (tertiary/aromatic N) is 1. The molecule has 0 aliphatic heterocycles.